The van der Waals surface area contributed by atoms with E-state index in [0.29, 0.717) is 24.1 Å². The number of amides is 3. The van der Waals surface area contributed by atoms with E-state index in [1.807, 2.05) is 49.4 Å². The van der Waals surface area contributed by atoms with Crippen molar-refractivity contribution in [1.82, 2.24) is 4.90 Å². The molecule has 0 bridgehead atoms. The van der Waals surface area contributed by atoms with E-state index in [4.69, 9.17) is 0 Å². The van der Waals surface area contributed by atoms with Gasteiger partial charge in [0.25, 0.3) is 5.91 Å². The monoisotopic (exact) mass is 435 g/mol. The van der Waals surface area contributed by atoms with Crippen molar-refractivity contribution in [3.05, 3.63) is 66.7 Å². The van der Waals surface area contributed by atoms with Crippen molar-refractivity contribution in [2.75, 3.05) is 22.5 Å². The highest BCUT2D eigenvalue weighted by Gasteiger charge is 2.52. The van der Waals surface area contributed by atoms with E-state index in [0.717, 1.165) is 16.3 Å². The maximum absolute atomic E-state index is 13.3. The van der Waals surface area contributed by atoms with Crippen molar-refractivity contribution in [3.8, 4) is 0 Å². The van der Waals surface area contributed by atoms with Gasteiger partial charge in [0.1, 0.15) is 5.66 Å². The lowest BCUT2D eigenvalue weighted by atomic mass is 9.98. The fourth-order valence-corrected chi connectivity index (χ4v) is 5.06. The van der Waals surface area contributed by atoms with Gasteiger partial charge in [-0.1, -0.05) is 30.3 Å². The highest BCUT2D eigenvalue weighted by atomic mass is 32.2. The number of carbonyl (C=O) groups excluding carboxylic acids is 3. The fourth-order valence-electron chi connectivity index (χ4n) is 4.31. The van der Waals surface area contributed by atoms with Gasteiger partial charge in [-0.25, -0.2) is 0 Å². The van der Waals surface area contributed by atoms with Crippen LogP contribution in [0.4, 0.5) is 11.4 Å². The Morgan fingerprint density at radius 3 is 2.74 bits per heavy atom. The summed E-state index contributed by atoms with van der Waals surface area (Å²) in [6.07, 6.45) is 2.90. The smallest absolute Gasteiger partial charge is 0.257 e. The van der Waals surface area contributed by atoms with Crippen LogP contribution in [0.1, 0.15) is 36.5 Å². The van der Waals surface area contributed by atoms with Crippen molar-refractivity contribution in [1.29, 1.82) is 0 Å². The quantitative estimate of drug-likeness (QED) is 0.520. The summed E-state index contributed by atoms with van der Waals surface area (Å²) in [6.45, 7) is 5.88. The van der Waals surface area contributed by atoms with E-state index in [9.17, 15) is 14.4 Å². The molecule has 1 atom stereocenters. The molecule has 0 radical (unpaired) electrons. The number of fused-ring (bicyclic) bond motifs is 3. The second-order valence-electron chi connectivity index (χ2n) is 7.81. The molecule has 2 heterocycles. The summed E-state index contributed by atoms with van der Waals surface area (Å²) >= 11 is 1.60. The predicted octanol–water partition coefficient (Wildman–Crippen LogP) is 4.29. The Kier molecular flexibility index (Phi) is 5.87. The lowest BCUT2D eigenvalue weighted by Crippen LogP contribution is -2.62. The van der Waals surface area contributed by atoms with Crippen molar-refractivity contribution in [2.45, 2.75) is 36.7 Å². The molecule has 6 nitrogen and oxygen atoms in total. The number of benzene rings is 2. The minimum Gasteiger partial charge on any atom is -0.325 e. The molecule has 2 aromatic carbocycles. The highest BCUT2D eigenvalue weighted by Crippen LogP contribution is 2.44. The minimum atomic E-state index is -0.749. The Morgan fingerprint density at radius 2 is 1.94 bits per heavy atom. The Morgan fingerprint density at radius 1 is 1.19 bits per heavy atom. The van der Waals surface area contributed by atoms with Gasteiger partial charge in [-0.3, -0.25) is 19.3 Å². The van der Waals surface area contributed by atoms with Crippen LogP contribution in [0.15, 0.2) is 66.1 Å². The second-order valence-corrected chi connectivity index (χ2v) is 8.88. The summed E-state index contributed by atoms with van der Waals surface area (Å²) in [5.41, 5.74) is 1.16. The number of nitrogens with zero attached hydrogens (tertiary/aromatic N) is 2. The maximum atomic E-state index is 13.3. The van der Waals surface area contributed by atoms with Crippen molar-refractivity contribution in [2.24, 2.45) is 0 Å². The van der Waals surface area contributed by atoms with Gasteiger partial charge < -0.3 is 10.2 Å². The first-order chi connectivity index (χ1) is 15.0. The first-order valence-electron chi connectivity index (χ1n) is 10.3. The van der Waals surface area contributed by atoms with Gasteiger partial charge in [-0.2, -0.15) is 0 Å². The third-order valence-corrected chi connectivity index (χ3v) is 6.90. The molecule has 1 N–H and O–H groups in total. The molecule has 7 heteroatoms. The van der Waals surface area contributed by atoms with Gasteiger partial charge >= 0.3 is 0 Å². The van der Waals surface area contributed by atoms with E-state index >= 15 is 0 Å². The van der Waals surface area contributed by atoms with E-state index < -0.39 is 5.66 Å². The first kappa shape index (κ1) is 21.2. The van der Waals surface area contributed by atoms with Crippen LogP contribution in [-0.4, -0.2) is 40.6 Å². The zero-order chi connectivity index (χ0) is 22.0. The second kappa shape index (κ2) is 8.59. The zero-order valence-corrected chi connectivity index (χ0v) is 18.3. The fraction of sp³-hybridized carbons (Fsp3) is 0.292. The normalized spacial score (nSPS) is 19.8. The largest absolute Gasteiger partial charge is 0.325 e. The van der Waals surface area contributed by atoms with Gasteiger partial charge in [0.15, 0.2) is 0 Å². The molecule has 2 aliphatic heterocycles. The molecular formula is C24H25N3O3S. The number of nitrogens with one attached hydrogen (secondary N) is 1. The van der Waals surface area contributed by atoms with Crippen molar-refractivity contribution >= 4 is 40.9 Å². The summed E-state index contributed by atoms with van der Waals surface area (Å²) in [4.78, 5) is 43.0. The number of rotatable bonds is 7. The average molecular weight is 436 g/mol. The molecular weight excluding hydrogens is 410 g/mol. The lowest BCUT2D eigenvalue weighted by Gasteiger charge is -2.48. The molecule has 3 amide bonds. The molecule has 0 aliphatic carbocycles. The Balaban J connectivity index is 1.51. The van der Waals surface area contributed by atoms with Crippen LogP contribution in [0.2, 0.25) is 0 Å². The molecule has 1 unspecified atom stereocenters. The highest BCUT2D eigenvalue weighted by molar-refractivity contribution is 7.99. The SMILES string of the molecule is C=CCSc1ccccc1NC(=O)CCN1C(=O)c2ccccc2N2C(=O)CCC12C. The zero-order valence-electron chi connectivity index (χ0n) is 17.5. The van der Waals surface area contributed by atoms with E-state index in [1.165, 1.54) is 0 Å². The average Bonchev–Trinajstić information content (AvgIpc) is 3.08. The van der Waals surface area contributed by atoms with Gasteiger partial charge in [-0.15, -0.1) is 18.3 Å². The topological polar surface area (TPSA) is 69.7 Å². The van der Waals surface area contributed by atoms with Crippen LogP contribution in [0.25, 0.3) is 0 Å². The number of thioether (sulfide) groups is 1. The predicted molar refractivity (Wildman–Crippen MR) is 123 cm³/mol. The maximum Gasteiger partial charge on any atom is 0.257 e. The Labute approximate surface area is 186 Å². The number of hydrogen-bond acceptors (Lipinski definition) is 4. The van der Waals surface area contributed by atoms with Gasteiger partial charge in [-0.05, 0) is 37.6 Å². The molecule has 1 fully saturated rings. The summed E-state index contributed by atoms with van der Waals surface area (Å²) < 4.78 is 0. The third kappa shape index (κ3) is 3.85. The molecule has 0 aromatic heterocycles. The summed E-state index contributed by atoms with van der Waals surface area (Å²) in [5.74, 6) is 0.443. The Hall–Kier alpha value is -3.06. The van der Waals surface area contributed by atoms with Crippen LogP contribution in [0, 0.1) is 0 Å². The molecule has 1 saturated heterocycles. The summed E-state index contributed by atoms with van der Waals surface area (Å²) in [7, 11) is 0. The van der Waals surface area contributed by atoms with Crippen molar-refractivity contribution < 1.29 is 14.4 Å². The number of hydrogen-bond donors (Lipinski definition) is 1. The number of para-hydroxylation sites is 2. The van der Waals surface area contributed by atoms with E-state index in [2.05, 4.69) is 11.9 Å². The molecule has 2 aromatic rings. The summed E-state index contributed by atoms with van der Waals surface area (Å²) in [5, 5.41) is 2.96. The number of anilines is 2. The standard InChI is InChI=1S/C24H25N3O3S/c1-3-16-31-20-11-7-5-9-18(20)25-21(28)13-15-26-23(30)17-8-4-6-10-19(17)27-22(29)12-14-24(26,27)2/h3-11H,1,12-16H2,2H3,(H,25,28). The Bertz CT molecular complexity index is 1050. The van der Waals surface area contributed by atoms with Crippen LogP contribution in [0.3, 0.4) is 0 Å². The van der Waals surface area contributed by atoms with Crippen molar-refractivity contribution in [3.63, 3.8) is 0 Å². The van der Waals surface area contributed by atoms with Gasteiger partial charge in [0, 0.05) is 30.0 Å². The molecule has 2 aliphatic rings. The summed E-state index contributed by atoms with van der Waals surface area (Å²) in [6, 6.07) is 14.8. The lowest BCUT2D eigenvalue weighted by molar-refractivity contribution is -0.117. The molecule has 31 heavy (non-hydrogen) atoms. The molecule has 0 saturated carbocycles. The molecule has 4 rings (SSSR count). The van der Waals surface area contributed by atoms with Gasteiger partial charge in [0.2, 0.25) is 11.8 Å². The van der Waals surface area contributed by atoms with E-state index in [1.54, 1.807) is 33.7 Å². The van der Waals surface area contributed by atoms with Gasteiger partial charge in [0.05, 0.1) is 16.9 Å². The van der Waals surface area contributed by atoms with Crippen LogP contribution in [0.5, 0.6) is 0 Å². The molecule has 0 spiro atoms. The van der Waals surface area contributed by atoms with E-state index in [-0.39, 0.29) is 30.7 Å². The van der Waals surface area contributed by atoms with Crippen LogP contribution in [-0.2, 0) is 9.59 Å². The molecule has 160 valence electrons. The third-order valence-electron chi connectivity index (χ3n) is 5.83. The first-order valence-corrected chi connectivity index (χ1v) is 11.3. The van der Waals surface area contributed by atoms with Crippen LogP contribution >= 0.6 is 11.8 Å². The van der Waals surface area contributed by atoms with Crippen LogP contribution < -0.4 is 10.2 Å². The minimum absolute atomic E-state index is 0.00470. The number of carbonyl (C=O) groups is 3.